The molecule has 5 heteroatoms. The van der Waals surface area contributed by atoms with E-state index in [-0.39, 0.29) is 6.04 Å². The fourth-order valence-electron chi connectivity index (χ4n) is 2.22. The second kappa shape index (κ2) is 6.72. The van der Waals surface area contributed by atoms with Crippen molar-refractivity contribution in [3.63, 3.8) is 0 Å². The van der Waals surface area contributed by atoms with Crippen LogP contribution in [0.15, 0.2) is 29.6 Å². The molecular formula is C16H22N2O2S. The van der Waals surface area contributed by atoms with E-state index in [4.69, 9.17) is 15.2 Å². The fourth-order valence-corrected chi connectivity index (χ4v) is 3.17. The SMILES string of the molecule is COc1cc(N)c(NC(c2cccs2)C(C)C)cc1OC. The van der Waals surface area contributed by atoms with Crippen molar-refractivity contribution in [2.24, 2.45) is 5.92 Å². The number of nitrogens with one attached hydrogen (secondary N) is 1. The van der Waals surface area contributed by atoms with E-state index in [0.29, 0.717) is 23.1 Å². The summed E-state index contributed by atoms with van der Waals surface area (Å²) in [4.78, 5) is 1.29. The predicted molar refractivity (Wildman–Crippen MR) is 89.5 cm³/mol. The Morgan fingerprint density at radius 3 is 2.33 bits per heavy atom. The molecule has 0 fully saturated rings. The summed E-state index contributed by atoms with van der Waals surface area (Å²) in [6.45, 7) is 4.38. The molecule has 21 heavy (non-hydrogen) atoms. The minimum atomic E-state index is 0.213. The Morgan fingerprint density at radius 1 is 1.14 bits per heavy atom. The molecule has 3 N–H and O–H groups in total. The molecule has 0 bridgehead atoms. The number of nitrogens with two attached hydrogens (primary N) is 1. The van der Waals surface area contributed by atoms with Gasteiger partial charge in [-0.2, -0.15) is 0 Å². The smallest absolute Gasteiger partial charge is 0.162 e. The van der Waals surface area contributed by atoms with Gasteiger partial charge < -0.3 is 20.5 Å². The van der Waals surface area contributed by atoms with E-state index in [9.17, 15) is 0 Å². The highest BCUT2D eigenvalue weighted by atomic mass is 32.1. The van der Waals surface area contributed by atoms with Gasteiger partial charge >= 0.3 is 0 Å². The zero-order valence-corrected chi connectivity index (χ0v) is 13.7. The normalized spacial score (nSPS) is 12.2. The van der Waals surface area contributed by atoms with Crippen LogP contribution in [0, 0.1) is 5.92 Å². The first kappa shape index (κ1) is 15.5. The van der Waals surface area contributed by atoms with Crippen molar-refractivity contribution in [1.82, 2.24) is 0 Å². The first-order chi connectivity index (χ1) is 10.1. The molecule has 0 amide bonds. The Kier molecular flexibility index (Phi) is 4.96. The van der Waals surface area contributed by atoms with Crippen molar-refractivity contribution in [3.05, 3.63) is 34.5 Å². The van der Waals surface area contributed by atoms with Gasteiger partial charge in [0.1, 0.15) is 0 Å². The van der Waals surface area contributed by atoms with Crippen LogP contribution in [0.25, 0.3) is 0 Å². The largest absolute Gasteiger partial charge is 0.493 e. The second-order valence-corrected chi connectivity index (χ2v) is 6.16. The van der Waals surface area contributed by atoms with Crippen LogP contribution in [-0.2, 0) is 0 Å². The maximum Gasteiger partial charge on any atom is 0.162 e. The molecule has 1 aromatic heterocycles. The van der Waals surface area contributed by atoms with E-state index >= 15 is 0 Å². The van der Waals surface area contributed by atoms with E-state index < -0.39 is 0 Å². The van der Waals surface area contributed by atoms with Crippen molar-refractivity contribution in [3.8, 4) is 11.5 Å². The lowest BCUT2D eigenvalue weighted by Crippen LogP contribution is -2.16. The standard InChI is InChI=1S/C16H22N2O2S/c1-10(2)16(15-6-5-7-21-15)18-12-9-14(20-4)13(19-3)8-11(12)17/h5-10,16,18H,17H2,1-4H3. The molecule has 0 aliphatic rings. The molecule has 0 radical (unpaired) electrons. The average Bonchev–Trinajstić information content (AvgIpc) is 2.98. The summed E-state index contributed by atoms with van der Waals surface area (Å²) in [6.07, 6.45) is 0. The van der Waals surface area contributed by atoms with Gasteiger partial charge in [0.05, 0.1) is 31.6 Å². The summed E-state index contributed by atoms with van der Waals surface area (Å²) in [5.41, 5.74) is 7.64. The number of methoxy groups -OCH3 is 2. The van der Waals surface area contributed by atoms with E-state index in [1.807, 2.05) is 6.07 Å². The van der Waals surface area contributed by atoms with Crippen LogP contribution in [0.3, 0.4) is 0 Å². The lowest BCUT2D eigenvalue weighted by Gasteiger charge is -2.24. The summed E-state index contributed by atoms with van der Waals surface area (Å²) in [5.74, 6) is 1.75. The van der Waals surface area contributed by atoms with Gasteiger partial charge in [-0.25, -0.2) is 0 Å². The van der Waals surface area contributed by atoms with Gasteiger partial charge in [-0.3, -0.25) is 0 Å². The Morgan fingerprint density at radius 2 is 1.81 bits per heavy atom. The highest BCUT2D eigenvalue weighted by Crippen LogP contribution is 2.38. The number of hydrogen-bond acceptors (Lipinski definition) is 5. The first-order valence-electron chi connectivity index (χ1n) is 6.88. The van der Waals surface area contributed by atoms with Crippen molar-refractivity contribution < 1.29 is 9.47 Å². The minimum Gasteiger partial charge on any atom is -0.493 e. The zero-order valence-electron chi connectivity index (χ0n) is 12.8. The predicted octanol–water partition coefficient (Wildman–Crippen LogP) is 4.16. The zero-order chi connectivity index (χ0) is 15.4. The maximum absolute atomic E-state index is 6.13. The van der Waals surface area contributed by atoms with Crippen LogP contribution in [-0.4, -0.2) is 14.2 Å². The summed E-state index contributed by atoms with van der Waals surface area (Å²) in [6, 6.07) is 8.09. The lowest BCUT2D eigenvalue weighted by molar-refractivity contribution is 0.355. The number of hydrogen-bond donors (Lipinski definition) is 2. The molecule has 0 saturated heterocycles. The number of rotatable bonds is 6. The van der Waals surface area contributed by atoms with Crippen LogP contribution < -0.4 is 20.5 Å². The van der Waals surface area contributed by atoms with Crippen LogP contribution in [0.4, 0.5) is 11.4 Å². The molecular weight excluding hydrogens is 284 g/mol. The molecule has 114 valence electrons. The van der Waals surface area contributed by atoms with Crippen molar-refractivity contribution >= 4 is 22.7 Å². The van der Waals surface area contributed by atoms with Gasteiger partial charge in [-0.1, -0.05) is 19.9 Å². The number of anilines is 2. The molecule has 0 aliphatic heterocycles. The van der Waals surface area contributed by atoms with Crippen LogP contribution in [0.2, 0.25) is 0 Å². The van der Waals surface area contributed by atoms with Crippen LogP contribution in [0.1, 0.15) is 24.8 Å². The van der Waals surface area contributed by atoms with Crippen LogP contribution >= 0.6 is 11.3 Å². The Bertz CT molecular complexity index is 582. The Hall–Kier alpha value is -1.88. The fraction of sp³-hybridized carbons (Fsp3) is 0.375. The Balaban J connectivity index is 2.33. The van der Waals surface area contributed by atoms with Crippen molar-refractivity contribution in [2.75, 3.05) is 25.3 Å². The second-order valence-electron chi connectivity index (χ2n) is 5.18. The number of ether oxygens (including phenoxy) is 2. The molecule has 1 unspecified atom stereocenters. The van der Waals surface area contributed by atoms with Gasteiger partial charge in [-0.05, 0) is 17.4 Å². The average molecular weight is 306 g/mol. The van der Waals surface area contributed by atoms with Crippen molar-refractivity contribution in [2.45, 2.75) is 19.9 Å². The quantitative estimate of drug-likeness (QED) is 0.787. The third-order valence-electron chi connectivity index (χ3n) is 3.38. The first-order valence-corrected chi connectivity index (χ1v) is 7.76. The molecule has 2 aromatic rings. The third kappa shape index (κ3) is 3.42. The van der Waals surface area contributed by atoms with Gasteiger partial charge in [0.2, 0.25) is 0 Å². The molecule has 1 atom stereocenters. The number of nitrogen functional groups attached to an aromatic ring is 1. The van der Waals surface area contributed by atoms with Gasteiger partial charge in [0.15, 0.2) is 11.5 Å². The number of benzene rings is 1. The van der Waals surface area contributed by atoms with E-state index in [0.717, 1.165) is 5.69 Å². The molecule has 2 rings (SSSR count). The molecule has 1 heterocycles. The Labute approximate surface area is 129 Å². The molecule has 4 nitrogen and oxygen atoms in total. The molecule has 0 aliphatic carbocycles. The van der Waals surface area contributed by atoms with E-state index in [1.54, 1.807) is 31.6 Å². The summed E-state index contributed by atoms with van der Waals surface area (Å²) < 4.78 is 10.6. The molecule has 0 saturated carbocycles. The summed E-state index contributed by atoms with van der Waals surface area (Å²) in [7, 11) is 3.23. The third-order valence-corrected chi connectivity index (χ3v) is 4.34. The van der Waals surface area contributed by atoms with Crippen LogP contribution in [0.5, 0.6) is 11.5 Å². The minimum absolute atomic E-state index is 0.213. The van der Waals surface area contributed by atoms with Gasteiger partial charge in [0.25, 0.3) is 0 Å². The monoisotopic (exact) mass is 306 g/mol. The van der Waals surface area contributed by atoms with Gasteiger partial charge in [-0.15, -0.1) is 11.3 Å². The summed E-state index contributed by atoms with van der Waals surface area (Å²) in [5, 5.41) is 5.61. The summed E-state index contributed by atoms with van der Waals surface area (Å²) >= 11 is 1.74. The molecule has 0 spiro atoms. The topological polar surface area (TPSA) is 56.5 Å². The van der Waals surface area contributed by atoms with Crippen molar-refractivity contribution in [1.29, 1.82) is 0 Å². The maximum atomic E-state index is 6.13. The lowest BCUT2D eigenvalue weighted by atomic mass is 10.0. The van der Waals surface area contributed by atoms with E-state index in [1.165, 1.54) is 4.88 Å². The number of thiophene rings is 1. The highest BCUT2D eigenvalue weighted by Gasteiger charge is 2.19. The van der Waals surface area contributed by atoms with E-state index in [2.05, 4.69) is 36.7 Å². The molecule has 1 aromatic carbocycles. The highest BCUT2D eigenvalue weighted by molar-refractivity contribution is 7.10. The van der Waals surface area contributed by atoms with Gasteiger partial charge in [0, 0.05) is 17.0 Å².